The van der Waals surface area contributed by atoms with Crippen LogP contribution in [0.25, 0.3) is 5.69 Å². The van der Waals surface area contributed by atoms with Gasteiger partial charge in [0.25, 0.3) is 5.56 Å². The number of rotatable bonds is 6. The molecule has 0 aliphatic carbocycles. The molecule has 0 unspecified atom stereocenters. The first-order valence-corrected chi connectivity index (χ1v) is 11.3. The number of hydrogen-bond donors (Lipinski definition) is 1. The van der Waals surface area contributed by atoms with Crippen molar-refractivity contribution < 1.29 is 8.42 Å². The second kappa shape index (κ2) is 8.41. The van der Waals surface area contributed by atoms with E-state index in [1.807, 2.05) is 18.2 Å². The van der Waals surface area contributed by atoms with E-state index in [4.69, 9.17) is 11.6 Å². The Bertz CT molecular complexity index is 939. The van der Waals surface area contributed by atoms with Gasteiger partial charge in [0.05, 0.1) is 23.3 Å². The fourth-order valence-electron chi connectivity index (χ4n) is 3.10. The molecule has 2 aromatic rings. The second-order valence-corrected chi connectivity index (χ2v) is 9.45. The van der Waals surface area contributed by atoms with Crippen molar-refractivity contribution in [2.75, 3.05) is 37.0 Å². The van der Waals surface area contributed by atoms with E-state index in [0.717, 1.165) is 25.9 Å². The molecular weight excluding hydrogens is 388 g/mol. The van der Waals surface area contributed by atoms with Crippen LogP contribution >= 0.6 is 11.6 Å². The fraction of sp³-hybridized carbons (Fsp3) is 0.444. The molecule has 1 fully saturated rings. The molecule has 1 aromatic heterocycles. The molecule has 1 aliphatic heterocycles. The third kappa shape index (κ3) is 5.31. The molecule has 146 valence electrons. The molecule has 27 heavy (non-hydrogen) atoms. The van der Waals surface area contributed by atoms with E-state index in [9.17, 15) is 13.2 Å². The zero-order chi connectivity index (χ0) is 19.4. The zero-order valence-corrected chi connectivity index (χ0v) is 16.7. The second-order valence-electron chi connectivity index (χ2n) is 6.81. The van der Waals surface area contributed by atoms with Crippen LogP contribution in [0.5, 0.6) is 0 Å². The highest BCUT2D eigenvalue weighted by molar-refractivity contribution is 7.90. The van der Waals surface area contributed by atoms with Gasteiger partial charge in [0.1, 0.15) is 14.9 Å². The van der Waals surface area contributed by atoms with Gasteiger partial charge >= 0.3 is 0 Å². The standard InChI is InChI=1S/C18H23ClN4O3S/c1-27(25,26)12-11-22-9-7-14(8-10-22)21-16-13-20-23(18(24)17(16)19)15-5-3-2-4-6-15/h2-6,13-14,21H,7-12H2,1H3. The largest absolute Gasteiger partial charge is 0.380 e. The monoisotopic (exact) mass is 410 g/mol. The molecular formula is C18H23ClN4O3S. The van der Waals surface area contributed by atoms with E-state index in [2.05, 4.69) is 15.3 Å². The molecule has 0 atom stereocenters. The van der Waals surface area contributed by atoms with Gasteiger partial charge in [-0.2, -0.15) is 9.78 Å². The maximum atomic E-state index is 12.5. The van der Waals surface area contributed by atoms with Gasteiger partial charge in [0.2, 0.25) is 0 Å². The van der Waals surface area contributed by atoms with Gasteiger partial charge < -0.3 is 10.2 Å². The van der Waals surface area contributed by atoms with Crippen LogP contribution in [-0.4, -0.2) is 60.8 Å². The highest BCUT2D eigenvalue weighted by Gasteiger charge is 2.21. The summed E-state index contributed by atoms with van der Waals surface area (Å²) < 4.78 is 23.9. The lowest BCUT2D eigenvalue weighted by Crippen LogP contribution is -2.41. The molecule has 1 aromatic carbocycles. The van der Waals surface area contributed by atoms with Gasteiger partial charge in [-0.05, 0) is 25.0 Å². The number of sulfone groups is 1. The first kappa shape index (κ1) is 19.9. The minimum Gasteiger partial charge on any atom is -0.380 e. The average molecular weight is 411 g/mol. The van der Waals surface area contributed by atoms with Crippen molar-refractivity contribution in [3.05, 3.63) is 51.9 Å². The Morgan fingerprint density at radius 2 is 1.89 bits per heavy atom. The summed E-state index contributed by atoms with van der Waals surface area (Å²) in [5, 5.41) is 7.65. The zero-order valence-electron chi connectivity index (χ0n) is 15.1. The third-order valence-electron chi connectivity index (χ3n) is 4.65. The number of aromatic nitrogens is 2. The van der Waals surface area contributed by atoms with E-state index >= 15 is 0 Å². The Hall–Kier alpha value is -1.90. The maximum Gasteiger partial charge on any atom is 0.292 e. The van der Waals surface area contributed by atoms with Crippen molar-refractivity contribution in [1.82, 2.24) is 14.7 Å². The number of hydrogen-bond acceptors (Lipinski definition) is 6. The molecule has 9 heteroatoms. The van der Waals surface area contributed by atoms with Crippen molar-refractivity contribution in [3.63, 3.8) is 0 Å². The van der Waals surface area contributed by atoms with Gasteiger partial charge in [0.15, 0.2) is 0 Å². The van der Waals surface area contributed by atoms with E-state index in [1.165, 1.54) is 10.9 Å². The molecule has 0 bridgehead atoms. The summed E-state index contributed by atoms with van der Waals surface area (Å²) in [5.41, 5.74) is 0.831. The summed E-state index contributed by atoms with van der Waals surface area (Å²) in [5.74, 6) is 0.179. The van der Waals surface area contributed by atoms with Gasteiger partial charge in [-0.3, -0.25) is 4.79 Å². The van der Waals surface area contributed by atoms with Crippen molar-refractivity contribution in [2.24, 2.45) is 0 Å². The Morgan fingerprint density at radius 3 is 2.52 bits per heavy atom. The highest BCUT2D eigenvalue weighted by atomic mass is 35.5. The topological polar surface area (TPSA) is 84.3 Å². The normalized spacial score (nSPS) is 16.4. The van der Waals surface area contributed by atoms with Gasteiger partial charge in [-0.1, -0.05) is 29.8 Å². The Balaban J connectivity index is 1.62. The molecule has 1 N–H and O–H groups in total. The number of piperidine rings is 1. The number of nitrogens with zero attached hydrogens (tertiary/aromatic N) is 3. The SMILES string of the molecule is CS(=O)(=O)CCN1CCC(Nc2cnn(-c3ccccc3)c(=O)c2Cl)CC1. The van der Waals surface area contributed by atoms with Gasteiger partial charge in [-0.15, -0.1) is 0 Å². The molecule has 0 radical (unpaired) electrons. The Labute approximate surface area is 163 Å². The summed E-state index contributed by atoms with van der Waals surface area (Å²) in [7, 11) is -2.94. The minimum atomic E-state index is -2.94. The van der Waals surface area contributed by atoms with Gasteiger partial charge in [0, 0.05) is 31.9 Å². The third-order valence-corrected chi connectivity index (χ3v) is 5.93. The quantitative estimate of drug-likeness (QED) is 0.781. The van der Waals surface area contributed by atoms with E-state index < -0.39 is 9.84 Å². The summed E-state index contributed by atoms with van der Waals surface area (Å²) in [4.78, 5) is 14.7. The van der Waals surface area contributed by atoms with Crippen LogP contribution in [0.1, 0.15) is 12.8 Å². The predicted molar refractivity (Wildman–Crippen MR) is 108 cm³/mol. The van der Waals surface area contributed by atoms with Gasteiger partial charge in [-0.25, -0.2) is 8.42 Å². The highest BCUT2D eigenvalue weighted by Crippen LogP contribution is 2.21. The van der Waals surface area contributed by atoms with Crippen LogP contribution in [0.2, 0.25) is 5.02 Å². The molecule has 1 saturated heterocycles. The van der Waals surface area contributed by atoms with Crippen LogP contribution in [0.3, 0.4) is 0 Å². The van der Waals surface area contributed by atoms with E-state index in [-0.39, 0.29) is 22.4 Å². The van der Waals surface area contributed by atoms with Crippen LogP contribution in [-0.2, 0) is 9.84 Å². The van der Waals surface area contributed by atoms with Crippen LogP contribution in [0.15, 0.2) is 41.3 Å². The maximum absolute atomic E-state index is 12.5. The first-order chi connectivity index (χ1) is 12.8. The molecule has 1 aliphatic rings. The number of anilines is 1. The lowest BCUT2D eigenvalue weighted by atomic mass is 10.0. The van der Waals surface area contributed by atoms with Crippen molar-refractivity contribution in [2.45, 2.75) is 18.9 Å². The molecule has 3 rings (SSSR count). The summed E-state index contributed by atoms with van der Waals surface area (Å²) in [6.07, 6.45) is 4.53. The fourth-order valence-corrected chi connectivity index (χ4v) is 3.88. The van der Waals surface area contributed by atoms with Crippen molar-refractivity contribution in [1.29, 1.82) is 0 Å². The smallest absolute Gasteiger partial charge is 0.292 e. The molecule has 0 amide bonds. The molecule has 0 saturated carbocycles. The minimum absolute atomic E-state index is 0.119. The lowest BCUT2D eigenvalue weighted by Gasteiger charge is -2.32. The number of halogens is 1. The summed E-state index contributed by atoms with van der Waals surface area (Å²) >= 11 is 6.28. The number of benzene rings is 1. The predicted octanol–water partition coefficient (Wildman–Crippen LogP) is 1.81. The number of para-hydroxylation sites is 1. The van der Waals surface area contributed by atoms with Crippen LogP contribution in [0, 0.1) is 0 Å². The lowest BCUT2D eigenvalue weighted by molar-refractivity contribution is 0.230. The van der Waals surface area contributed by atoms with Crippen molar-refractivity contribution in [3.8, 4) is 5.69 Å². The summed E-state index contributed by atoms with van der Waals surface area (Å²) in [6.45, 7) is 2.17. The van der Waals surface area contributed by atoms with E-state index in [0.29, 0.717) is 17.9 Å². The Kier molecular flexibility index (Phi) is 6.18. The molecule has 2 heterocycles. The number of likely N-dealkylation sites (tertiary alicyclic amines) is 1. The first-order valence-electron chi connectivity index (χ1n) is 8.83. The van der Waals surface area contributed by atoms with Crippen LogP contribution in [0.4, 0.5) is 5.69 Å². The Morgan fingerprint density at radius 1 is 1.22 bits per heavy atom. The number of nitrogens with one attached hydrogen (secondary N) is 1. The average Bonchev–Trinajstić information content (AvgIpc) is 2.65. The van der Waals surface area contributed by atoms with Crippen molar-refractivity contribution >= 4 is 27.1 Å². The molecule has 0 spiro atoms. The molecule has 7 nitrogen and oxygen atoms in total. The van der Waals surface area contributed by atoms with Crippen LogP contribution < -0.4 is 10.9 Å². The van der Waals surface area contributed by atoms with E-state index in [1.54, 1.807) is 18.3 Å². The summed E-state index contributed by atoms with van der Waals surface area (Å²) in [6, 6.07) is 9.30.